The second-order valence-electron chi connectivity index (χ2n) is 7.04. The van der Waals surface area contributed by atoms with Crippen LogP contribution in [-0.4, -0.2) is 36.8 Å². The molecule has 30 heavy (non-hydrogen) atoms. The molecular formula is C21H18N6O2S. The fraction of sp³-hybridized carbons (Fsp3) is 0.190. The first-order chi connectivity index (χ1) is 14.7. The van der Waals surface area contributed by atoms with Crippen LogP contribution in [0.2, 0.25) is 0 Å². The second-order valence-corrected chi connectivity index (χ2v) is 7.82. The van der Waals surface area contributed by atoms with Gasteiger partial charge in [-0.25, -0.2) is 5.01 Å². The molecule has 0 N–H and O–H groups in total. The van der Waals surface area contributed by atoms with Gasteiger partial charge in [0.05, 0.1) is 12.0 Å². The van der Waals surface area contributed by atoms with Gasteiger partial charge in [0.25, 0.3) is 5.91 Å². The Balaban J connectivity index is 1.40. The third-order valence-corrected chi connectivity index (χ3v) is 5.61. The number of hydrazone groups is 1. The van der Waals surface area contributed by atoms with Crippen molar-refractivity contribution in [3.63, 3.8) is 0 Å². The first-order valence-electron chi connectivity index (χ1n) is 9.48. The van der Waals surface area contributed by atoms with E-state index in [1.54, 1.807) is 17.6 Å². The zero-order valence-corrected chi connectivity index (χ0v) is 17.0. The molecule has 5 rings (SSSR count). The summed E-state index contributed by atoms with van der Waals surface area (Å²) in [6, 6.07) is 13.4. The number of benzene rings is 1. The minimum absolute atomic E-state index is 0.0565. The van der Waals surface area contributed by atoms with Crippen molar-refractivity contribution in [3.8, 4) is 11.4 Å². The fourth-order valence-electron chi connectivity index (χ4n) is 3.37. The lowest BCUT2D eigenvalue weighted by Gasteiger charge is -2.19. The smallest absolute Gasteiger partial charge is 0.267 e. The van der Waals surface area contributed by atoms with Crippen molar-refractivity contribution in [1.82, 2.24) is 25.2 Å². The Hall–Kier alpha value is -3.59. The summed E-state index contributed by atoms with van der Waals surface area (Å²) in [5.41, 5.74) is 3.89. The minimum atomic E-state index is -0.302. The van der Waals surface area contributed by atoms with Crippen LogP contribution < -0.4 is 0 Å². The molecule has 150 valence electrons. The Bertz CT molecular complexity index is 1180. The highest BCUT2D eigenvalue weighted by atomic mass is 32.1. The van der Waals surface area contributed by atoms with Gasteiger partial charge in [-0.2, -0.15) is 21.2 Å². The summed E-state index contributed by atoms with van der Waals surface area (Å²) in [4.78, 5) is 14.4. The first-order valence-corrected chi connectivity index (χ1v) is 10.4. The van der Waals surface area contributed by atoms with E-state index in [1.165, 1.54) is 15.4 Å². The van der Waals surface area contributed by atoms with Crippen LogP contribution in [0.1, 0.15) is 29.3 Å². The number of carbonyl (C=O) groups is 1. The Morgan fingerprint density at radius 3 is 2.80 bits per heavy atom. The van der Waals surface area contributed by atoms with Crippen molar-refractivity contribution in [3.05, 3.63) is 76.4 Å². The summed E-state index contributed by atoms with van der Waals surface area (Å²) < 4.78 is 5.59. The molecule has 1 amide bonds. The molecule has 0 unspecified atom stereocenters. The van der Waals surface area contributed by atoms with Crippen LogP contribution in [0.4, 0.5) is 0 Å². The Labute approximate surface area is 176 Å². The van der Waals surface area contributed by atoms with Gasteiger partial charge in [0.15, 0.2) is 0 Å². The van der Waals surface area contributed by atoms with Gasteiger partial charge in [0.2, 0.25) is 5.82 Å². The molecular weight excluding hydrogens is 400 g/mol. The van der Waals surface area contributed by atoms with E-state index in [1.807, 2.05) is 60.1 Å². The zero-order chi connectivity index (χ0) is 20.5. The fourth-order valence-corrected chi connectivity index (χ4v) is 4.01. The molecule has 0 saturated carbocycles. The third kappa shape index (κ3) is 3.55. The van der Waals surface area contributed by atoms with E-state index in [2.05, 4.69) is 20.5 Å². The van der Waals surface area contributed by atoms with E-state index in [9.17, 15) is 4.79 Å². The number of aromatic nitrogens is 4. The third-order valence-electron chi connectivity index (χ3n) is 4.93. The van der Waals surface area contributed by atoms with Crippen molar-refractivity contribution >= 4 is 23.0 Å². The van der Waals surface area contributed by atoms with Gasteiger partial charge >= 0.3 is 0 Å². The van der Waals surface area contributed by atoms with Crippen LogP contribution in [0.3, 0.4) is 0 Å². The molecule has 0 fully saturated rings. The number of amides is 1. The summed E-state index contributed by atoms with van der Waals surface area (Å²) in [6.45, 7) is 1.98. The lowest BCUT2D eigenvalue weighted by Crippen LogP contribution is -2.31. The van der Waals surface area contributed by atoms with E-state index in [0.717, 1.165) is 16.8 Å². The lowest BCUT2D eigenvalue weighted by atomic mass is 10.0. The van der Waals surface area contributed by atoms with Crippen molar-refractivity contribution < 1.29 is 9.21 Å². The summed E-state index contributed by atoms with van der Waals surface area (Å²) in [5, 5.41) is 22.4. The molecule has 4 aromatic rings. The normalized spacial score (nSPS) is 16.1. The molecule has 4 heterocycles. The van der Waals surface area contributed by atoms with Crippen molar-refractivity contribution in [2.45, 2.75) is 25.9 Å². The number of nitrogens with zero attached hydrogens (tertiary/aromatic N) is 6. The number of carbonyl (C=O) groups excluding carboxylic acids is 1. The number of tetrazole rings is 1. The highest BCUT2D eigenvalue weighted by molar-refractivity contribution is 7.08. The number of hydrogen-bond donors (Lipinski definition) is 0. The molecule has 1 atom stereocenters. The monoisotopic (exact) mass is 418 g/mol. The highest BCUT2D eigenvalue weighted by Gasteiger charge is 2.35. The van der Waals surface area contributed by atoms with Crippen LogP contribution in [-0.2, 0) is 11.3 Å². The molecule has 0 saturated heterocycles. The Morgan fingerprint density at radius 1 is 1.20 bits per heavy atom. The number of rotatable bonds is 5. The van der Waals surface area contributed by atoms with Crippen LogP contribution in [0, 0.1) is 6.92 Å². The number of aryl methyl sites for hydroxylation is 1. The molecule has 0 bridgehead atoms. The van der Waals surface area contributed by atoms with Gasteiger partial charge in [0.1, 0.15) is 18.3 Å². The summed E-state index contributed by atoms with van der Waals surface area (Å²) in [6.07, 6.45) is 2.18. The van der Waals surface area contributed by atoms with Gasteiger partial charge in [-0.15, -0.1) is 10.2 Å². The van der Waals surface area contributed by atoms with Gasteiger partial charge in [-0.3, -0.25) is 4.79 Å². The summed E-state index contributed by atoms with van der Waals surface area (Å²) in [5.74, 6) is 0.962. The van der Waals surface area contributed by atoms with Crippen molar-refractivity contribution in [2.75, 3.05) is 0 Å². The maximum absolute atomic E-state index is 13.1. The maximum Gasteiger partial charge on any atom is 0.267 e. The van der Waals surface area contributed by atoms with E-state index < -0.39 is 0 Å². The molecule has 0 spiro atoms. The standard InChI is InChI=1S/C21H18N6O2S/c1-14-4-6-15(7-5-14)17-11-18(19-3-2-9-29-19)27(23-17)20(28)12-26-24-21(22-25-26)16-8-10-30-13-16/h2-10,13,18H,11-12H2,1H3/t18-/m0/s1. The maximum atomic E-state index is 13.1. The topological polar surface area (TPSA) is 89.4 Å². The van der Waals surface area contributed by atoms with Gasteiger partial charge in [0, 0.05) is 17.4 Å². The van der Waals surface area contributed by atoms with Crippen molar-refractivity contribution in [2.24, 2.45) is 5.10 Å². The average Bonchev–Trinajstić information content (AvgIpc) is 3.55. The molecule has 1 aliphatic rings. The SMILES string of the molecule is Cc1ccc(C2=NN(C(=O)Cn3nnc(-c4ccsc4)n3)[C@H](c3ccco3)C2)cc1. The molecule has 0 radical (unpaired) electrons. The highest BCUT2D eigenvalue weighted by Crippen LogP contribution is 2.33. The predicted octanol–water partition coefficient (Wildman–Crippen LogP) is 3.68. The lowest BCUT2D eigenvalue weighted by molar-refractivity contribution is -0.134. The van der Waals surface area contributed by atoms with E-state index >= 15 is 0 Å². The number of thiophene rings is 1. The zero-order valence-electron chi connectivity index (χ0n) is 16.2. The number of furan rings is 1. The summed E-state index contributed by atoms with van der Waals surface area (Å²) in [7, 11) is 0. The van der Waals surface area contributed by atoms with E-state index in [-0.39, 0.29) is 18.5 Å². The average molecular weight is 418 g/mol. The number of hydrogen-bond acceptors (Lipinski definition) is 7. The molecule has 1 aromatic carbocycles. The van der Waals surface area contributed by atoms with E-state index in [0.29, 0.717) is 18.0 Å². The quantitative estimate of drug-likeness (QED) is 0.493. The second kappa shape index (κ2) is 7.68. The predicted molar refractivity (Wildman–Crippen MR) is 112 cm³/mol. The van der Waals surface area contributed by atoms with Crippen LogP contribution in [0.25, 0.3) is 11.4 Å². The molecule has 0 aliphatic carbocycles. The van der Waals surface area contributed by atoms with Crippen LogP contribution in [0.5, 0.6) is 0 Å². The van der Waals surface area contributed by atoms with Crippen LogP contribution in [0.15, 0.2) is 69.0 Å². The minimum Gasteiger partial charge on any atom is -0.467 e. The summed E-state index contributed by atoms with van der Waals surface area (Å²) >= 11 is 1.56. The van der Waals surface area contributed by atoms with Gasteiger partial charge in [-0.1, -0.05) is 29.8 Å². The molecule has 3 aromatic heterocycles. The molecule has 8 nitrogen and oxygen atoms in total. The van der Waals surface area contributed by atoms with E-state index in [4.69, 9.17) is 4.42 Å². The van der Waals surface area contributed by atoms with Crippen molar-refractivity contribution in [1.29, 1.82) is 0 Å². The largest absolute Gasteiger partial charge is 0.467 e. The van der Waals surface area contributed by atoms with Gasteiger partial charge in [-0.05, 0) is 41.3 Å². The van der Waals surface area contributed by atoms with Gasteiger partial charge < -0.3 is 4.42 Å². The Kier molecular flexibility index (Phi) is 4.72. The first kappa shape index (κ1) is 18.4. The van der Waals surface area contributed by atoms with Crippen LogP contribution >= 0.6 is 11.3 Å². The molecule has 1 aliphatic heterocycles. The molecule has 9 heteroatoms. The Morgan fingerprint density at radius 2 is 2.07 bits per heavy atom.